The molecule has 86 valence electrons. The van der Waals surface area contributed by atoms with E-state index in [-0.39, 0.29) is 5.92 Å². The van der Waals surface area contributed by atoms with Crippen LogP contribution in [0.2, 0.25) is 0 Å². The second-order valence-electron chi connectivity index (χ2n) is 5.02. The lowest BCUT2D eigenvalue weighted by Gasteiger charge is -2.12. The highest BCUT2D eigenvalue weighted by Crippen LogP contribution is 2.29. The van der Waals surface area contributed by atoms with Gasteiger partial charge in [0.15, 0.2) is 5.78 Å². The third-order valence-electron chi connectivity index (χ3n) is 3.29. The Balaban J connectivity index is 2.12. The van der Waals surface area contributed by atoms with E-state index in [0.717, 1.165) is 24.9 Å². The van der Waals surface area contributed by atoms with Gasteiger partial charge in [0.1, 0.15) is 0 Å². The van der Waals surface area contributed by atoms with Crippen molar-refractivity contribution in [3.63, 3.8) is 0 Å². The third kappa shape index (κ3) is 2.17. The van der Waals surface area contributed by atoms with Crippen LogP contribution in [0.5, 0.6) is 0 Å². The summed E-state index contributed by atoms with van der Waals surface area (Å²) in [5.41, 5.74) is 3.38. The molecule has 0 unspecified atom stereocenters. The Bertz CT molecular complexity index is 409. The Morgan fingerprint density at radius 1 is 1.38 bits per heavy atom. The number of hydrogen-bond acceptors (Lipinski definition) is 2. The summed E-state index contributed by atoms with van der Waals surface area (Å²) < 4.78 is 0. The summed E-state index contributed by atoms with van der Waals surface area (Å²) in [4.78, 5) is 14.3. The molecule has 2 heteroatoms. The van der Waals surface area contributed by atoms with E-state index in [1.807, 2.05) is 13.0 Å². The van der Waals surface area contributed by atoms with Gasteiger partial charge in [-0.3, -0.25) is 4.79 Å². The summed E-state index contributed by atoms with van der Waals surface area (Å²) in [5, 5.41) is 0. The molecule has 0 aliphatic heterocycles. The number of carbonyl (C=O) groups excluding carboxylic acids is 1. The zero-order chi connectivity index (χ0) is 11.7. The predicted octanol–water partition coefficient (Wildman–Crippen LogP) is 2.30. The first-order valence-electron chi connectivity index (χ1n) is 5.86. The molecule has 0 radical (unpaired) electrons. The van der Waals surface area contributed by atoms with Crippen molar-refractivity contribution in [2.24, 2.45) is 5.92 Å². The Morgan fingerprint density at radius 2 is 2.12 bits per heavy atom. The van der Waals surface area contributed by atoms with Gasteiger partial charge >= 0.3 is 0 Å². The van der Waals surface area contributed by atoms with Gasteiger partial charge in [-0.05, 0) is 52.0 Å². The van der Waals surface area contributed by atoms with E-state index in [2.05, 4.69) is 31.1 Å². The van der Waals surface area contributed by atoms with Crippen LogP contribution >= 0.6 is 0 Å². The zero-order valence-corrected chi connectivity index (χ0v) is 10.3. The summed E-state index contributed by atoms with van der Waals surface area (Å²) in [6, 6.07) is 6.24. The highest BCUT2D eigenvalue weighted by molar-refractivity contribution is 6.02. The molecule has 1 atom stereocenters. The highest BCUT2D eigenvalue weighted by atomic mass is 16.1. The molecule has 1 aliphatic rings. The van der Waals surface area contributed by atoms with Gasteiger partial charge in [0.05, 0.1) is 0 Å². The Kier molecular flexibility index (Phi) is 3.10. The van der Waals surface area contributed by atoms with Crippen molar-refractivity contribution in [2.45, 2.75) is 19.8 Å². The lowest BCUT2D eigenvalue weighted by Crippen LogP contribution is -2.19. The first kappa shape index (κ1) is 11.3. The standard InChI is InChI=1S/C14H19NO/c1-10-4-5-11-9-12(6-7-15(2)3)14(16)13(11)8-10/h4-5,8,12H,6-7,9H2,1-3H3/t12-/m0/s1. The van der Waals surface area contributed by atoms with E-state index in [9.17, 15) is 4.79 Å². The van der Waals surface area contributed by atoms with Crippen molar-refractivity contribution in [1.82, 2.24) is 4.90 Å². The first-order valence-corrected chi connectivity index (χ1v) is 5.86. The minimum atomic E-state index is 0.208. The van der Waals surface area contributed by atoms with E-state index in [0.29, 0.717) is 5.78 Å². The van der Waals surface area contributed by atoms with E-state index in [1.54, 1.807) is 0 Å². The SMILES string of the molecule is Cc1ccc2c(c1)C(=O)[C@@H](CCN(C)C)C2. The zero-order valence-electron chi connectivity index (χ0n) is 10.3. The van der Waals surface area contributed by atoms with E-state index in [4.69, 9.17) is 0 Å². The van der Waals surface area contributed by atoms with Crippen LogP contribution in [0.25, 0.3) is 0 Å². The molecule has 0 amide bonds. The first-order chi connectivity index (χ1) is 7.58. The van der Waals surface area contributed by atoms with Crippen molar-refractivity contribution >= 4 is 5.78 Å². The molecule has 1 aliphatic carbocycles. The second kappa shape index (κ2) is 4.38. The molecule has 2 nitrogen and oxygen atoms in total. The molecule has 0 fully saturated rings. The van der Waals surface area contributed by atoms with Crippen LogP contribution in [-0.2, 0) is 6.42 Å². The number of nitrogens with zero attached hydrogens (tertiary/aromatic N) is 1. The highest BCUT2D eigenvalue weighted by Gasteiger charge is 2.29. The van der Waals surface area contributed by atoms with Gasteiger partial charge in [0, 0.05) is 11.5 Å². The van der Waals surface area contributed by atoms with E-state index >= 15 is 0 Å². The minimum Gasteiger partial charge on any atom is -0.309 e. The van der Waals surface area contributed by atoms with Gasteiger partial charge < -0.3 is 4.90 Å². The van der Waals surface area contributed by atoms with Gasteiger partial charge in [-0.25, -0.2) is 0 Å². The van der Waals surface area contributed by atoms with Gasteiger partial charge in [-0.1, -0.05) is 17.7 Å². The lowest BCUT2D eigenvalue weighted by atomic mass is 10.0. The molecule has 0 bridgehead atoms. The quantitative estimate of drug-likeness (QED) is 0.774. The third-order valence-corrected chi connectivity index (χ3v) is 3.29. The van der Waals surface area contributed by atoms with Crippen molar-refractivity contribution in [2.75, 3.05) is 20.6 Å². The number of rotatable bonds is 3. The Labute approximate surface area is 97.3 Å². The fourth-order valence-corrected chi connectivity index (χ4v) is 2.32. The minimum absolute atomic E-state index is 0.208. The molecule has 0 aromatic heterocycles. The van der Waals surface area contributed by atoms with Gasteiger partial charge in [-0.2, -0.15) is 0 Å². The van der Waals surface area contributed by atoms with Crippen molar-refractivity contribution in [1.29, 1.82) is 0 Å². The number of Topliss-reactive ketones (excluding diaryl/α,β-unsaturated/α-hetero) is 1. The fraction of sp³-hybridized carbons (Fsp3) is 0.500. The second-order valence-corrected chi connectivity index (χ2v) is 5.02. The smallest absolute Gasteiger partial charge is 0.166 e. The molecule has 1 aromatic carbocycles. The molecular formula is C14H19NO. The predicted molar refractivity (Wildman–Crippen MR) is 65.9 cm³/mol. The molecule has 0 spiro atoms. The van der Waals surface area contributed by atoms with Crippen LogP contribution in [-0.4, -0.2) is 31.3 Å². The average molecular weight is 217 g/mol. The number of aryl methyl sites for hydroxylation is 1. The molecule has 0 heterocycles. The number of carbonyl (C=O) groups is 1. The lowest BCUT2D eigenvalue weighted by molar-refractivity contribution is 0.0925. The van der Waals surface area contributed by atoms with Crippen molar-refractivity contribution < 1.29 is 4.79 Å². The summed E-state index contributed by atoms with van der Waals surface area (Å²) in [6.07, 6.45) is 1.90. The number of fused-ring (bicyclic) bond motifs is 1. The molecule has 16 heavy (non-hydrogen) atoms. The number of ketones is 1. The topological polar surface area (TPSA) is 20.3 Å². The molecule has 0 saturated carbocycles. The monoisotopic (exact) mass is 217 g/mol. The number of benzene rings is 1. The van der Waals surface area contributed by atoms with Crippen LogP contribution in [0.15, 0.2) is 18.2 Å². The largest absolute Gasteiger partial charge is 0.309 e. The maximum atomic E-state index is 12.1. The molecule has 1 aromatic rings. The average Bonchev–Trinajstić information content (AvgIpc) is 2.53. The maximum absolute atomic E-state index is 12.1. The normalized spacial score (nSPS) is 19.2. The maximum Gasteiger partial charge on any atom is 0.166 e. The van der Waals surface area contributed by atoms with Crippen molar-refractivity contribution in [3.05, 3.63) is 34.9 Å². The van der Waals surface area contributed by atoms with Crippen LogP contribution in [0, 0.1) is 12.8 Å². The van der Waals surface area contributed by atoms with Gasteiger partial charge in [-0.15, -0.1) is 0 Å². The summed E-state index contributed by atoms with van der Waals surface area (Å²) >= 11 is 0. The van der Waals surface area contributed by atoms with Crippen LogP contribution in [0.4, 0.5) is 0 Å². The van der Waals surface area contributed by atoms with Gasteiger partial charge in [0.25, 0.3) is 0 Å². The molecule has 0 saturated heterocycles. The fourth-order valence-electron chi connectivity index (χ4n) is 2.32. The van der Waals surface area contributed by atoms with Gasteiger partial charge in [0.2, 0.25) is 0 Å². The molecular weight excluding hydrogens is 198 g/mol. The Morgan fingerprint density at radius 3 is 2.81 bits per heavy atom. The van der Waals surface area contributed by atoms with E-state index < -0.39 is 0 Å². The van der Waals surface area contributed by atoms with E-state index in [1.165, 1.54) is 11.1 Å². The number of hydrogen-bond donors (Lipinski definition) is 0. The van der Waals surface area contributed by atoms with Crippen molar-refractivity contribution in [3.8, 4) is 0 Å². The van der Waals surface area contributed by atoms with Crippen LogP contribution < -0.4 is 0 Å². The Hall–Kier alpha value is -1.15. The molecule has 2 rings (SSSR count). The summed E-state index contributed by atoms with van der Waals surface area (Å²) in [6.45, 7) is 3.03. The summed E-state index contributed by atoms with van der Waals surface area (Å²) in [5.74, 6) is 0.555. The molecule has 0 N–H and O–H groups in total. The van der Waals surface area contributed by atoms with Crippen LogP contribution in [0.1, 0.15) is 27.9 Å². The van der Waals surface area contributed by atoms with Crippen LogP contribution in [0.3, 0.4) is 0 Å². The summed E-state index contributed by atoms with van der Waals surface area (Å²) in [7, 11) is 4.10.